The van der Waals surface area contributed by atoms with Gasteiger partial charge in [-0.25, -0.2) is 4.98 Å². The van der Waals surface area contributed by atoms with Crippen LogP contribution in [0, 0.1) is 11.3 Å². The molecule has 0 radical (unpaired) electrons. The molecule has 0 aliphatic rings. The van der Waals surface area contributed by atoms with Crippen molar-refractivity contribution < 1.29 is 31.9 Å². The molecule has 0 aliphatic carbocycles. The summed E-state index contributed by atoms with van der Waals surface area (Å²) in [5.41, 5.74) is -1.98. The zero-order chi connectivity index (χ0) is 20.7. The lowest BCUT2D eigenvalue weighted by atomic mass is 10.1. The smallest absolute Gasteiger partial charge is 0.417 e. The zero-order valence-corrected chi connectivity index (χ0v) is 15.3. The van der Waals surface area contributed by atoms with E-state index in [1.807, 2.05) is 0 Å². The van der Waals surface area contributed by atoms with Crippen LogP contribution < -0.4 is 5.32 Å². The number of nitrogens with one attached hydrogen (secondary N) is 1. The summed E-state index contributed by atoms with van der Waals surface area (Å²) in [6.07, 6.45) is -3.52. The Kier molecular flexibility index (Phi) is 7.06. The van der Waals surface area contributed by atoms with Gasteiger partial charge in [0.2, 0.25) is 5.91 Å². The van der Waals surface area contributed by atoms with E-state index in [2.05, 4.69) is 15.0 Å². The molecule has 2 heterocycles. The van der Waals surface area contributed by atoms with Gasteiger partial charge < -0.3 is 14.5 Å². The highest BCUT2D eigenvalue weighted by Gasteiger charge is 2.36. The van der Waals surface area contributed by atoms with E-state index in [-0.39, 0.29) is 35.4 Å². The van der Waals surface area contributed by atoms with Crippen molar-refractivity contribution in [3.8, 4) is 17.5 Å². The third-order valence-corrected chi connectivity index (χ3v) is 4.23. The van der Waals surface area contributed by atoms with Crippen molar-refractivity contribution in [3.63, 3.8) is 0 Å². The predicted molar refractivity (Wildman–Crippen MR) is 92.0 cm³/mol. The highest BCUT2D eigenvalue weighted by molar-refractivity contribution is 8.00. The van der Waals surface area contributed by atoms with E-state index in [4.69, 9.17) is 4.42 Å². The van der Waals surface area contributed by atoms with Crippen LogP contribution in [-0.2, 0) is 20.5 Å². The average molecular weight is 413 g/mol. The fraction of sp³-hybridized carbons (Fsp3) is 0.294. The molecule has 0 aromatic carbocycles. The Morgan fingerprint density at radius 2 is 2.18 bits per heavy atom. The second kappa shape index (κ2) is 9.27. The second-order valence-corrected chi connectivity index (χ2v) is 6.16. The normalized spacial score (nSPS) is 11.0. The Bertz CT molecular complexity index is 892. The van der Waals surface area contributed by atoms with Crippen molar-refractivity contribution >= 4 is 23.6 Å². The quantitative estimate of drug-likeness (QED) is 0.549. The zero-order valence-electron chi connectivity index (χ0n) is 14.5. The molecular weight excluding hydrogens is 399 g/mol. The number of hydrogen-bond acceptors (Lipinski definition) is 7. The van der Waals surface area contributed by atoms with Gasteiger partial charge in [-0.3, -0.25) is 9.59 Å². The number of pyridine rings is 1. The molecule has 148 valence electrons. The monoisotopic (exact) mass is 413 g/mol. The molecule has 11 heteroatoms. The number of nitrogens with zero attached hydrogens (tertiary/aromatic N) is 2. The molecular formula is C17H14F3N3O4S. The first-order valence-corrected chi connectivity index (χ1v) is 8.86. The minimum Gasteiger partial charge on any atom is -0.465 e. The number of carbonyl (C=O) groups excluding carboxylic acids is 2. The van der Waals surface area contributed by atoms with E-state index in [1.54, 1.807) is 6.92 Å². The molecule has 0 saturated heterocycles. The summed E-state index contributed by atoms with van der Waals surface area (Å²) in [5.74, 6) is -1.53. The maximum Gasteiger partial charge on any atom is 0.417 e. The van der Waals surface area contributed by atoms with Crippen LogP contribution in [0.5, 0.6) is 0 Å². The molecule has 1 N–H and O–H groups in total. The molecule has 2 aromatic rings. The van der Waals surface area contributed by atoms with Gasteiger partial charge in [-0.15, -0.1) is 0 Å². The lowest BCUT2D eigenvalue weighted by Gasteiger charge is -2.13. The fourth-order valence-corrected chi connectivity index (χ4v) is 2.91. The number of amides is 1. The van der Waals surface area contributed by atoms with Gasteiger partial charge in [-0.05, 0) is 25.1 Å². The van der Waals surface area contributed by atoms with Crippen molar-refractivity contribution in [3.05, 3.63) is 35.6 Å². The Balaban J connectivity index is 2.25. The van der Waals surface area contributed by atoms with Crippen LogP contribution >= 0.6 is 11.8 Å². The highest BCUT2D eigenvalue weighted by atomic mass is 32.2. The Hall–Kier alpha value is -3.00. The molecule has 7 nitrogen and oxygen atoms in total. The number of nitriles is 1. The summed E-state index contributed by atoms with van der Waals surface area (Å²) in [4.78, 5) is 27.1. The number of aromatic nitrogens is 1. The summed E-state index contributed by atoms with van der Waals surface area (Å²) in [6, 6.07) is 5.13. The second-order valence-electron chi connectivity index (χ2n) is 5.19. The number of alkyl halides is 3. The standard InChI is InChI=1S/C17H14F3N3O4S/c1-2-26-15(25)8-22-14(24)9-28-16-10(7-21)11(17(18,19)20)6-12(23-16)13-4-3-5-27-13/h3-6H,2,8-9H2,1H3,(H,22,24). The van der Waals surface area contributed by atoms with Gasteiger partial charge in [0.15, 0.2) is 5.76 Å². The van der Waals surface area contributed by atoms with Crippen molar-refractivity contribution in [1.29, 1.82) is 5.26 Å². The van der Waals surface area contributed by atoms with Crippen LogP contribution in [0.15, 0.2) is 33.9 Å². The summed E-state index contributed by atoms with van der Waals surface area (Å²) in [5, 5.41) is 11.2. The third kappa shape index (κ3) is 5.50. The summed E-state index contributed by atoms with van der Waals surface area (Å²) in [6.45, 7) is 1.39. The molecule has 0 unspecified atom stereocenters. The van der Waals surface area contributed by atoms with Crippen molar-refractivity contribution in [2.45, 2.75) is 18.1 Å². The molecule has 0 saturated carbocycles. The number of rotatable bonds is 7. The van der Waals surface area contributed by atoms with Gasteiger partial charge in [0.1, 0.15) is 23.3 Å². The summed E-state index contributed by atoms with van der Waals surface area (Å²) < 4.78 is 49.8. The van der Waals surface area contributed by atoms with Gasteiger partial charge >= 0.3 is 12.1 Å². The number of halogens is 3. The molecule has 2 rings (SSSR count). The number of esters is 1. The van der Waals surface area contributed by atoms with Crippen molar-refractivity contribution in [2.75, 3.05) is 18.9 Å². The van der Waals surface area contributed by atoms with E-state index in [9.17, 15) is 28.0 Å². The number of thioether (sulfide) groups is 1. The van der Waals surface area contributed by atoms with E-state index < -0.39 is 29.2 Å². The minimum absolute atomic E-state index is 0.0867. The lowest BCUT2D eigenvalue weighted by molar-refractivity contribution is -0.143. The lowest BCUT2D eigenvalue weighted by Crippen LogP contribution is -2.31. The van der Waals surface area contributed by atoms with Crippen LogP contribution in [0.1, 0.15) is 18.1 Å². The highest BCUT2D eigenvalue weighted by Crippen LogP contribution is 2.37. The Labute approximate surface area is 161 Å². The Morgan fingerprint density at radius 3 is 2.75 bits per heavy atom. The van der Waals surface area contributed by atoms with Crippen molar-refractivity contribution in [1.82, 2.24) is 10.3 Å². The predicted octanol–water partition coefficient (Wildman–Crippen LogP) is 3.00. The van der Waals surface area contributed by atoms with Crippen molar-refractivity contribution in [2.24, 2.45) is 0 Å². The third-order valence-electron chi connectivity index (χ3n) is 3.25. The van der Waals surface area contributed by atoms with Crippen LogP contribution in [-0.4, -0.2) is 35.8 Å². The van der Waals surface area contributed by atoms with Gasteiger partial charge in [-0.1, -0.05) is 11.8 Å². The topological polar surface area (TPSA) is 105 Å². The fourth-order valence-electron chi connectivity index (χ4n) is 2.08. The van der Waals surface area contributed by atoms with E-state index >= 15 is 0 Å². The molecule has 1 amide bonds. The number of furan rings is 1. The molecule has 0 bridgehead atoms. The molecule has 0 aliphatic heterocycles. The number of ether oxygens (including phenoxy) is 1. The van der Waals surface area contributed by atoms with Gasteiger partial charge in [0.05, 0.1) is 29.7 Å². The summed E-state index contributed by atoms with van der Waals surface area (Å²) in [7, 11) is 0. The summed E-state index contributed by atoms with van der Waals surface area (Å²) >= 11 is 0.647. The van der Waals surface area contributed by atoms with Gasteiger partial charge in [0.25, 0.3) is 0 Å². The van der Waals surface area contributed by atoms with E-state index in [0.717, 1.165) is 6.07 Å². The molecule has 28 heavy (non-hydrogen) atoms. The first kappa shape index (κ1) is 21.3. The SMILES string of the molecule is CCOC(=O)CNC(=O)CSc1nc(-c2ccco2)cc(C(F)(F)F)c1C#N. The average Bonchev–Trinajstić information content (AvgIpc) is 3.18. The Morgan fingerprint density at radius 1 is 1.43 bits per heavy atom. The van der Waals surface area contributed by atoms with Crippen LogP contribution in [0.2, 0.25) is 0 Å². The van der Waals surface area contributed by atoms with Gasteiger partial charge in [-0.2, -0.15) is 18.4 Å². The number of carbonyl (C=O) groups is 2. The largest absolute Gasteiger partial charge is 0.465 e. The first-order chi connectivity index (χ1) is 13.3. The van der Waals surface area contributed by atoms with Crippen LogP contribution in [0.3, 0.4) is 0 Å². The van der Waals surface area contributed by atoms with E-state index in [1.165, 1.54) is 24.5 Å². The molecule has 0 atom stereocenters. The maximum absolute atomic E-state index is 13.4. The molecule has 0 fully saturated rings. The first-order valence-electron chi connectivity index (χ1n) is 7.87. The minimum atomic E-state index is -4.79. The molecule has 2 aromatic heterocycles. The molecule has 0 spiro atoms. The van der Waals surface area contributed by atoms with Crippen LogP contribution in [0.4, 0.5) is 13.2 Å². The maximum atomic E-state index is 13.4. The van der Waals surface area contributed by atoms with E-state index in [0.29, 0.717) is 11.8 Å². The van der Waals surface area contributed by atoms with Gasteiger partial charge in [0, 0.05) is 0 Å². The number of hydrogen-bond donors (Lipinski definition) is 1. The van der Waals surface area contributed by atoms with Crippen LogP contribution in [0.25, 0.3) is 11.5 Å².